The van der Waals surface area contributed by atoms with Gasteiger partial charge in [0, 0.05) is 6.61 Å². The van der Waals surface area contributed by atoms with Gasteiger partial charge in [-0.25, -0.2) is 0 Å². The summed E-state index contributed by atoms with van der Waals surface area (Å²) in [5.74, 6) is 0. The zero-order chi connectivity index (χ0) is 9.07. The van der Waals surface area contributed by atoms with Crippen molar-refractivity contribution in [3.63, 3.8) is 0 Å². The van der Waals surface area contributed by atoms with Crippen LogP contribution in [0.3, 0.4) is 0 Å². The highest BCUT2D eigenvalue weighted by atomic mass is 28.2. The molecule has 0 saturated carbocycles. The highest BCUT2D eigenvalue weighted by Crippen LogP contribution is 2.06. The second kappa shape index (κ2) is 11.2. The third-order valence-corrected chi connectivity index (χ3v) is 2.79. The van der Waals surface area contributed by atoms with Crippen molar-refractivity contribution in [3.05, 3.63) is 0 Å². The van der Waals surface area contributed by atoms with Crippen molar-refractivity contribution >= 4 is 9.76 Å². The molecule has 0 unspecified atom stereocenters. The van der Waals surface area contributed by atoms with E-state index in [1.54, 1.807) is 0 Å². The van der Waals surface area contributed by atoms with Crippen molar-refractivity contribution < 1.29 is 4.43 Å². The van der Waals surface area contributed by atoms with E-state index in [1.165, 1.54) is 44.9 Å². The van der Waals surface area contributed by atoms with E-state index in [9.17, 15) is 0 Å². The van der Waals surface area contributed by atoms with E-state index < -0.39 is 0 Å². The molecule has 0 bridgehead atoms. The monoisotopic (exact) mass is 188 g/mol. The third kappa shape index (κ3) is 10.2. The van der Waals surface area contributed by atoms with Crippen molar-refractivity contribution in [3.8, 4) is 0 Å². The molecule has 0 radical (unpaired) electrons. The summed E-state index contributed by atoms with van der Waals surface area (Å²) in [6.45, 7) is 5.48. The Balaban J connectivity index is 2.73. The van der Waals surface area contributed by atoms with Gasteiger partial charge < -0.3 is 4.43 Å². The van der Waals surface area contributed by atoms with E-state index in [0.29, 0.717) is 0 Å². The largest absolute Gasteiger partial charge is 0.424 e. The second-order valence-corrected chi connectivity index (χ2v) is 4.30. The quantitative estimate of drug-likeness (QED) is 0.399. The first-order chi connectivity index (χ1) is 5.91. The van der Waals surface area contributed by atoms with Gasteiger partial charge >= 0.3 is 0 Å². The van der Waals surface area contributed by atoms with E-state index in [1.807, 2.05) is 0 Å². The fraction of sp³-hybridized carbons (Fsp3) is 1.00. The first-order valence-electron chi connectivity index (χ1n) is 5.49. The van der Waals surface area contributed by atoms with Gasteiger partial charge in [0.2, 0.25) is 0 Å². The number of hydrogen-bond donors (Lipinski definition) is 0. The maximum Gasteiger partial charge on any atom is 0.158 e. The summed E-state index contributed by atoms with van der Waals surface area (Å²) < 4.78 is 5.40. The Hall–Kier alpha value is 0.177. The van der Waals surface area contributed by atoms with Crippen LogP contribution in [0, 0.1) is 0 Å². The van der Waals surface area contributed by atoms with Crippen molar-refractivity contribution in [2.75, 3.05) is 6.61 Å². The van der Waals surface area contributed by atoms with Crippen LogP contribution in [0.25, 0.3) is 0 Å². The lowest BCUT2D eigenvalue weighted by Gasteiger charge is -2.01. The Morgan fingerprint density at radius 1 is 0.917 bits per heavy atom. The summed E-state index contributed by atoms with van der Waals surface area (Å²) in [6.07, 6.45) is 9.69. The van der Waals surface area contributed by atoms with Crippen LogP contribution in [0.1, 0.15) is 51.9 Å². The molecule has 0 aliphatic heterocycles. The molecule has 0 aromatic rings. The van der Waals surface area contributed by atoms with Gasteiger partial charge in [-0.05, 0) is 6.42 Å². The fourth-order valence-corrected chi connectivity index (χ4v) is 1.80. The third-order valence-electron chi connectivity index (χ3n) is 2.10. The van der Waals surface area contributed by atoms with E-state index >= 15 is 0 Å². The molecule has 12 heavy (non-hydrogen) atoms. The lowest BCUT2D eigenvalue weighted by molar-refractivity contribution is 0.323. The Labute approximate surface area is 79.8 Å². The molecule has 2 heteroatoms. The molecule has 0 rings (SSSR count). The molecule has 0 aliphatic rings. The van der Waals surface area contributed by atoms with E-state index in [4.69, 9.17) is 4.43 Å². The first kappa shape index (κ1) is 12.2. The summed E-state index contributed by atoms with van der Waals surface area (Å²) in [5.41, 5.74) is 0. The molecule has 0 fully saturated rings. The van der Waals surface area contributed by atoms with Crippen molar-refractivity contribution in [1.29, 1.82) is 0 Å². The second-order valence-electron chi connectivity index (χ2n) is 3.32. The molecule has 0 aromatic heterocycles. The van der Waals surface area contributed by atoms with Gasteiger partial charge in [0.15, 0.2) is 9.76 Å². The van der Waals surface area contributed by atoms with Gasteiger partial charge in [0.25, 0.3) is 0 Å². The molecular weight excluding hydrogens is 164 g/mol. The fourth-order valence-electron chi connectivity index (χ4n) is 1.31. The molecule has 0 heterocycles. The Kier molecular flexibility index (Phi) is 11.3. The Morgan fingerprint density at radius 2 is 1.50 bits per heavy atom. The smallest absolute Gasteiger partial charge is 0.158 e. The molecule has 0 saturated heterocycles. The van der Waals surface area contributed by atoms with E-state index in [-0.39, 0.29) is 9.76 Å². The van der Waals surface area contributed by atoms with Crippen molar-refractivity contribution in [1.82, 2.24) is 0 Å². The average molecular weight is 188 g/mol. The van der Waals surface area contributed by atoms with E-state index in [0.717, 1.165) is 6.61 Å². The molecule has 0 amide bonds. The van der Waals surface area contributed by atoms with Crippen LogP contribution in [0.15, 0.2) is 0 Å². The summed E-state index contributed by atoms with van der Waals surface area (Å²) in [5, 5.41) is 0. The Bertz CT molecular complexity index is 66.2. The van der Waals surface area contributed by atoms with E-state index in [2.05, 4.69) is 13.5 Å². The zero-order valence-corrected chi connectivity index (χ0v) is 10.2. The predicted molar refractivity (Wildman–Crippen MR) is 58.4 cm³/mol. The number of hydrogen-bond acceptors (Lipinski definition) is 1. The van der Waals surface area contributed by atoms with Crippen LogP contribution in [0.2, 0.25) is 6.55 Å². The van der Waals surface area contributed by atoms with Gasteiger partial charge in [-0.15, -0.1) is 0 Å². The minimum absolute atomic E-state index is 0.134. The van der Waals surface area contributed by atoms with Gasteiger partial charge in [0.1, 0.15) is 0 Å². The molecule has 0 aliphatic carbocycles. The van der Waals surface area contributed by atoms with Crippen molar-refractivity contribution in [2.45, 2.75) is 58.4 Å². The molecule has 0 N–H and O–H groups in total. The van der Waals surface area contributed by atoms with Crippen LogP contribution in [-0.2, 0) is 4.43 Å². The highest BCUT2D eigenvalue weighted by Gasteiger charge is 1.89. The van der Waals surface area contributed by atoms with Crippen LogP contribution in [-0.4, -0.2) is 16.4 Å². The van der Waals surface area contributed by atoms with Crippen molar-refractivity contribution in [2.24, 2.45) is 0 Å². The molecule has 0 spiro atoms. The first-order valence-corrected chi connectivity index (χ1v) is 7.48. The van der Waals surface area contributed by atoms with Gasteiger partial charge in [-0.1, -0.05) is 52.0 Å². The van der Waals surface area contributed by atoms with Crippen LogP contribution in [0.5, 0.6) is 0 Å². The summed E-state index contributed by atoms with van der Waals surface area (Å²) in [7, 11) is -0.134. The zero-order valence-electron chi connectivity index (χ0n) is 8.77. The molecule has 74 valence electrons. The van der Waals surface area contributed by atoms with Crippen LogP contribution >= 0.6 is 0 Å². The number of rotatable bonds is 9. The predicted octanol–water partition coefficient (Wildman–Crippen LogP) is 2.89. The normalized spacial score (nSPS) is 11.5. The maximum atomic E-state index is 5.40. The average Bonchev–Trinajstić information content (AvgIpc) is 2.10. The lowest BCUT2D eigenvalue weighted by Crippen LogP contribution is -1.95. The topological polar surface area (TPSA) is 9.23 Å². The van der Waals surface area contributed by atoms with Crippen LogP contribution < -0.4 is 0 Å². The molecule has 0 atom stereocenters. The minimum atomic E-state index is -0.134. The maximum absolute atomic E-state index is 5.40. The van der Waals surface area contributed by atoms with Gasteiger partial charge in [-0.2, -0.15) is 0 Å². The standard InChI is InChI=1S/C10H24OSi/c1-3-4-5-6-7-8-9-10-11-12-2/h3-10,12H2,1-2H3. The van der Waals surface area contributed by atoms with Gasteiger partial charge in [0.05, 0.1) is 0 Å². The SMILES string of the molecule is CCCCCCCCCO[SiH2]C. The van der Waals surface area contributed by atoms with Crippen LogP contribution in [0.4, 0.5) is 0 Å². The summed E-state index contributed by atoms with van der Waals surface area (Å²) in [4.78, 5) is 0. The lowest BCUT2D eigenvalue weighted by atomic mass is 10.1. The minimum Gasteiger partial charge on any atom is -0.424 e. The number of unbranched alkanes of at least 4 members (excludes halogenated alkanes) is 6. The highest BCUT2D eigenvalue weighted by molar-refractivity contribution is 6.24. The summed E-state index contributed by atoms with van der Waals surface area (Å²) >= 11 is 0. The molecular formula is C10H24OSi. The summed E-state index contributed by atoms with van der Waals surface area (Å²) in [6, 6.07) is 0. The Morgan fingerprint density at radius 3 is 2.08 bits per heavy atom. The molecule has 0 aromatic carbocycles. The van der Waals surface area contributed by atoms with Gasteiger partial charge in [-0.3, -0.25) is 0 Å². The molecule has 1 nitrogen and oxygen atoms in total.